The third-order valence-corrected chi connectivity index (χ3v) is 14.4. The molecule has 0 saturated carbocycles. The Hall–Kier alpha value is 0.260. The topological polar surface area (TPSA) is 68.3 Å². The number of alkyl halides is 2. The molecule has 0 fully saturated rings. The van der Waals surface area contributed by atoms with E-state index in [1.807, 2.05) is 0 Å². The molecule has 2 heterocycles. The van der Waals surface area contributed by atoms with Gasteiger partial charge in [0, 0.05) is 0 Å². The Morgan fingerprint density at radius 2 is 1.21 bits per heavy atom. The van der Waals surface area contributed by atoms with Crippen LogP contribution in [0.15, 0.2) is 43.4 Å². The van der Waals surface area contributed by atoms with Crippen LogP contribution in [0.2, 0.25) is 0 Å². The molecule has 0 N–H and O–H groups in total. The van der Waals surface area contributed by atoms with Crippen LogP contribution in [0.3, 0.4) is 0 Å². The SMILES string of the molecule is O=S(=O)(c1cccs1)C(Br)(Br)S(=O)(=O)c1cccs1. The summed E-state index contributed by atoms with van der Waals surface area (Å²) in [6, 6.07) is 5.82. The van der Waals surface area contributed by atoms with Gasteiger partial charge in [0.2, 0.25) is 19.7 Å². The van der Waals surface area contributed by atoms with Gasteiger partial charge in [-0.3, -0.25) is 0 Å². The fraction of sp³-hybridized carbons (Fsp3) is 0.111. The predicted molar refractivity (Wildman–Crippen MR) is 83.6 cm³/mol. The molecular weight excluding hydrogens is 460 g/mol. The lowest BCUT2D eigenvalue weighted by Crippen LogP contribution is -2.33. The molecule has 19 heavy (non-hydrogen) atoms. The van der Waals surface area contributed by atoms with Gasteiger partial charge in [-0.1, -0.05) is 12.1 Å². The molecule has 104 valence electrons. The molecule has 2 aromatic heterocycles. The van der Waals surface area contributed by atoms with Crippen molar-refractivity contribution in [3.8, 4) is 0 Å². The highest BCUT2D eigenvalue weighted by atomic mass is 79.9. The third kappa shape index (κ3) is 2.46. The van der Waals surface area contributed by atoms with Crippen molar-refractivity contribution in [3.63, 3.8) is 0 Å². The van der Waals surface area contributed by atoms with Crippen LogP contribution >= 0.6 is 54.5 Å². The molecule has 0 aromatic carbocycles. The number of sulfone groups is 2. The molecule has 0 radical (unpaired) electrons. The van der Waals surface area contributed by atoms with Crippen LogP contribution in [0.1, 0.15) is 0 Å². The Bertz CT molecular complexity index is 692. The molecule has 0 aliphatic heterocycles. The van der Waals surface area contributed by atoms with Crippen LogP contribution in [-0.4, -0.2) is 18.7 Å². The van der Waals surface area contributed by atoms with Crippen molar-refractivity contribution in [1.29, 1.82) is 0 Å². The fourth-order valence-electron chi connectivity index (χ4n) is 1.21. The molecule has 0 aliphatic rings. The van der Waals surface area contributed by atoms with Gasteiger partial charge < -0.3 is 0 Å². The lowest BCUT2D eigenvalue weighted by Gasteiger charge is -2.19. The van der Waals surface area contributed by atoms with Gasteiger partial charge in [0.15, 0.2) is 0 Å². The summed E-state index contributed by atoms with van der Waals surface area (Å²) in [4.78, 5) is 0. The van der Waals surface area contributed by atoms with Crippen LogP contribution in [-0.2, 0) is 19.7 Å². The van der Waals surface area contributed by atoms with Crippen molar-refractivity contribution >= 4 is 74.2 Å². The molecule has 0 saturated heterocycles. The zero-order valence-electron chi connectivity index (χ0n) is 8.99. The summed E-state index contributed by atoms with van der Waals surface area (Å²) in [6.07, 6.45) is 0. The second-order valence-electron chi connectivity index (χ2n) is 3.33. The molecule has 0 spiro atoms. The third-order valence-electron chi connectivity index (χ3n) is 2.15. The largest absolute Gasteiger partial charge is 0.290 e. The quantitative estimate of drug-likeness (QED) is 0.648. The van der Waals surface area contributed by atoms with E-state index in [0.717, 1.165) is 22.7 Å². The Morgan fingerprint density at radius 3 is 1.47 bits per heavy atom. The monoisotopic (exact) mass is 464 g/mol. The van der Waals surface area contributed by atoms with E-state index in [-0.39, 0.29) is 8.42 Å². The molecule has 2 aromatic rings. The first-order valence-electron chi connectivity index (χ1n) is 4.65. The lowest BCUT2D eigenvalue weighted by molar-refractivity contribution is 0.586. The van der Waals surface area contributed by atoms with E-state index in [9.17, 15) is 16.8 Å². The maximum absolute atomic E-state index is 12.4. The van der Waals surface area contributed by atoms with Gasteiger partial charge in [-0.2, -0.15) is 0 Å². The minimum absolute atomic E-state index is 0.0265. The second-order valence-corrected chi connectivity index (χ2v) is 15.7. The highest BCUT2D eigenvalue weighted by Crippen LogP contribution is 2.47. The van der Waals surface area contributed by atoms with Crippen molar-refractivity contribution in [2.45, 2.75) is 10.3 Å². The zero-order valence-corrected chi connectivity index (χ0v) is 15.4. The summed E-state index contributed by atoms with van der Waals surface area (Å²) in [5, 5.41) is 3.14. The van der Waals surface area contributed by atoms with Gasteiger partial charge >= 0.3 is 0 Å². The first-order valence-corrected chi connectivity index (χ1v) is 11.0. The van der Waals surface area contributed by atoms with Crippen LogP contribution in [0.4, 0.5) is 0 Å². The predicted octanol–water partition coefficient (Wildman–Crippen LogP) is 3.46. The second kappa shape index (κ2) is 5.23. The van der Waals surface area contributed by atoms with Gasteiger partial charge in [0.25, 0.3) is 1.90 Å². The van der Waals surface area contributed by atoms with Crippen LogP contribution in [0.25, 0.3) is 0 Å². The van der Waals surface area contributed by atoms with Crippen molar-refractivity contribution < 1.29 is 16.8 Å². The first-order chi connectivity index (χ1) is 8.71. The van der Waals surface area contributed by atoms with Crippen molar-refractivity contribution in [2.75, 3.05) is 0 Å². The maximum atomic E-state index is 12.4. The number of thiophene rings is 2. The van der Waals surface area contributed by atoms with E-state index in [1.54, 1.807) is 22.9 Å². The number of hydrogen-bond acceptors (Lipinski definition) is 6. The Balaban J connectivity index is 2.62. The molecule has 0 amide bonds. The van der Waals surface area contributed by atoms with Gasteiger partial charge in [0.05, 0.1) is 0 Å². The molecule has 2 rings (SSSR count). The van der Waals surface area contributed by atoms with Crippen molar-refractivity contribution in [2.24, 2.45) is 0 Å². The average molecular weight is 466 g/mol. The summed E-state index contributed by atoms with van der Waals surface area (Å²) >= 11 is 7.57. The lowest BCUT2D eigenvalue weighted by atomic mass is 10.7. The molecule has 0 unspecified atom stereocenters. The highest BCUT2D eigenvalue weighted by Gasteiger charge is 2.53. The molecular formula is C9H6Br2O4S4. The van der Waals surface area contributed by atoms with E-state index in [0.29, 0.717) is 0 Å². The number of hydrogen-bond donors (Lipinski definition) is 0. The Morgan fingerprint density at radius 1 is 0.842 bits per heavy atom. The summed E-state index contributed by atoms with van der Waals surface area (Å²) in [5.74, 6) is 0. The molecule has 0 atom stereocenters. The van der Waals surface area contributed by atoms with Crippen molar-refractivity contribution in [1.82, 2.24) is 0 Å². The number of rotatable bonds is 4. The van der Waals surface area contributed by atoms with E-state index >= 15 is 0 Å². The van der Waals surface area contributed by atoms with E-state index in [4.69, 9.17) is 0 Å². The molecule has 4 nitrogen and oxygen atoms in total. The molecule has 0 aliphatic carbocycles. The highest BCUT2D eigenvalue weighted by molar-refractivity contribution is 9.30. The van der Waals surface area contributed by atoms with Gasteiger partial charge in [-0.15, -0.1) is 22.7 Å². The minimum Gasteiger partial charge on any atom is -0.219 e. The summed E-state index contributed by atoms with van der Waals surface area (Å²) in [5.41, 5.74) is 0. The molecule has 10 heteroatoms. The smallest absolute Gasteiger partial charge is 0.219 e. The van der Waals surface area contributed by atoms with E-state index < -0.39 is 21.6 Å². The van der Waals surface area contributed by atoms with Gasteiger partial charge in [-0.05, 0) is 54.8 Å². The van der Waals surface area contributed by atoms with Gasteiger partial charge in [0.1, 0.15) is 8.42 Å². The van der Waals surface area contributed by atoms with Crippen LogP contribution < -0.4 is 0 Å². The number of halogens is 2. The summed E-state index contributed by atoms with van der Waals surface area (Å²) < 4.78 is 47.3. The van der Waals surface area contributed by atoms with Crippen LogP contribution in [0, 0.1) is 0 Å². The van der Waals surface area contributed by atoms with E-state index in [2.05, 4.69) is 31.9 Å². The fourth-order valence-corrected chi connectivity index (χ4v) is 10.6. The summed E-state index contributed by atoms with van der Waals surface area (Å²) in [7, 11) is -8.22. The normalized spacial score (nSPS) is 13.6. The zero-order chi connectivity index (χ0) is 14.3. The first kappa shape index (κ1) is 15.6. The summed E-state index contributed by atoms with van der Waals surface area (Å²) in [6.45, 7) is 0. The standard InChI is InChI=1S/C9H6Br2O4S4/c10-9(11,18(12,13)7-3-1-5-16-7)19(14,15)8-4-2-6-17-8/h1-6H. The minimum atomic E-state index is -4.11. The Labute approximate surface area is 135 Å². The van der Waals surface area contributed by atoms with Crippen LogP contribution in [0.5, 0.6) is 0 Å². The Kier molecular flexibility index (Phi) is 4.30. The van der Waals surface area contributed by atoms with Crippen molar-refractivity contribution in [3.05, 3.63) is 35.0 Å². The maximum Gasteiger partial charge on any atom is 0.290 e. The van der Waals surface area contributed by atoms with E-state index in [1.165, 1.54) is 12.1 Å². The van der Waals surface area contributed by atoms with Gasteiger partial charge in [-0.25, -0.2) is 16.8 Å². The molecule has 0 bridgehead atoms. The average Bonchev–Trinajstić information content (AvgIpc) is 3.02.